The number of rotatable bonds is 6. The number of ether oxygens (including phenoxy) is 1. The normalized spacial score (nSPS) is 12.1. The third kappa shape index (κ3) is 5.84. The number of fused-ring (bicyclic) bond motifs is 3. The van der Waals surface area contributed by atoms with Crippen LogP contribution in [0.2, 0.25) is 0 Å². The van der Waals surface area contributed by atoms with Gasteiger partial charge in [0.25, 0.3) is 0 Å². The van der Waals surface area contributed by atoms with E-state index < -0.39 is 0 Å². The minimum atomic E-state index is 0.0949. The highest BCUT2D eigenvalue weighted by Crippen LogP contribution is 2.39. The lowest BCUT2D eigenvalue weighted by atomic mass is 9.82. The van der Waals surface area contributed by atoms with Crippen LogP contribution in [-0.4, -0.2) is 14.3 Å². The van der Waals surface area contributed by atoms with Crippen molar-refractivity contribution in [1.29, 1.82) is 0 Å². The highest BCUT2D eigenvalue weighted by Gasteiger charge is 2.22. The summed E-state index contributed by atoms with van der Waals surface area (Å²) in [6, 6.07) is 35.0. The largest absolute Gasteiger partial charge is 0.457 e. The van der Waals surface area contributed by atoms with Crippen LogP contribution in [0.25, 0.3) is 44.3 Å². The molecule has 0 bridgehead atoms. The number of benzene rings is 5. The molecule has 7 rings (SSSR count). The second-order valence-corrected chi connectivity index (χ2v) is 15.1. The first-order valence-electron chi connectivity index (χ1n) is 17.4. The Morgan fingerprint density at radius 1 is 0.633 bits per heavy atom. The predicted octanol–water partition coefficient (Wildman–Crippen LogP) is 12.4. The zero-order valence-corrected chi connectivity index (χ0v) is 30.6. The maximum Gasteiger partial charge on any atom is 0.129 e. The average molecular weight is 646 g/mol. The molecule has 4 nitrogen and oxygen atoms in total. The minimum absolute atomic E-state index is 0.0949. The molecule has 0 spiro atoms. The van der Waals surface area contributed by atoms with Gasteiger partial charge in [-0.25, -0.2) is 4.68 Å². The number of hydrogen-bond donors (Lipinski definition) is 0. The number of aromatic nitrogens is 3. The van der Waals surface area contributed by atoms with Crippen molar-refractivity contribution in [2.45, 2.75) is 80.6 Å². The molecule has 248 valence electrons. The molecule has 0 amide bonds. The Hall–Kier alpha value is -5.09. The lowest BCUT2D eigenvalue weighted by Crippen LogP contribution is -2.12. The minimum Gasteiger partial charge on any atom is -0.457 e. The molecule has 0 aliphatic carbocycles. The molecule has 0 unspecified atom stereocenters. The zero-order chi connectivity index (χ0) is 34.8. The number of para-hydroxylation sites is 1. The number of nitrogens with zero attached hydrogens (tertiary/aromatic N) is 3. The predicted molar refractivity (Wildman–Crippen MR) is 206 cm³/mol. The highest BCUT2D eigenvalue weighted by atomic mass is 16.5. The molecule has 4 heteroatoms. The van der Waals surface area contributed by atoms with Crippen molar-refractivity contribution in [2.24, 2.45) is 0 Å². The highest BCUT2D eigenvalue weighted by molar-refractivity contribution is 6.09. The van der Waals surface area contributed by atoms with Crippen LogP contribution in [0.15, 0.2) is 97.1 Å². The van der Waals surface area contributed by atoms with Gasteiger partial charge in [0.05, 0.1) is 22.4 Å². The Labute approximate surface area is 291 Å². The van der Waals surface area contributed by atoms with Crippen LogP contribution in [-0.2, 0) is 5.41 Å². The molecule has 0 aliphatic heterocycles. The first kappa shape index (κ1) is 32.5. The summed E-state index contributed by atoms with van der Waals surface area (Å²) in [6.45, 7) is 22.2. The Morgan fingerprint density at radius 3 is 2.04 bits per heavy atom. The van der Waals surface area contributed by atoms with Crippen molar-refractivity contribution >= 4 is 21.8 Å². The topological polar surface area (TPSA) is 32.0 Å². The summed E-state index contributed by atoms with van der Waals surface area (Å²) < 4.78 is 11.2. The van der Waals surface area contributed by atoms with Crippen molar-refractivity contribution in [2.75, 3.05) is 0 Å². The molecule has 0 saturated heterocycles. The van der Waals surface area contributed by atoms with Crippen LogP contribution in [0.3, 0.4) is 0 Å². The van der Waals surface area contributed by atoms with Crippen molar-refractivity contribution in [1.82, 2.24) is 14.3 Å². The standard InChI is InChI=1S/C45H47N3O/c1-27(2)33-23-36(48-32(7)44(31(6)46-48)43-29(4)21-34(22-30(43)5)45(8,9)10)25-38(24-33)49-37-18-19-40-39-16-11-12-17-41(39)47(42(40)26-37)35-15-13-14-28(3)20-35/h11-27H,1-10H3. The van der Waals surface area contributed by atoms with E-state index >= 15 is 0 Å². The van der Waals surface area contributed by atoms with Gasteiger partial charge in [-0.15, -0.1) is 0 Å². The fraction of sp³-hybridized carbons (Fsp3) is 0.267. The van der Waals surface area contributed by atoms with Crippen LogP contribution in [0.5, 0.6) is 11.5 Å². The van der Waals surface area contributed by atoms with Gasteiger partial charge in [0.2, 0.25) is 0 Å². The summed E-state index contributed by atoms with van der Waals surface area (Å²) in [6.07, 6.45) is 0. The van der Waals surface area contributed by atoms with Crippen LogP contribution in [0.1, 0.15) is 79.7 Å². The van der Waals surface area contributed by atoms with E-state index in [0.717, 1.165) is 39.8 Å². The zero-order valence-electron chi connectivity index (χ0n) is 30.6. The molecule has 0 aliphatic rings. The molecular formula is C45H47N3O. The molecule has 0 saturated carbocycles. The maximum atomic E-state index is 6.74. The van der Waals surface area contributed by atoms with Crippen molar-refractivity contribution in [3.8, 4) is 34.0 Å². The van der Waals surface area contributed by atoms with Crippen molar-refractivity contribution in [3.05, 3.63) is 136 Å². The first-order chi connectivity index (χ1) is 23.3. The molecule has 0 atom stereocenters. The Balaban J connectivity index is 1.32. The van der Waals surface area contributed by atoms with Gasteiger partial charge >= 0.3 is 0 Å². The fourth-order valence-electron chi connectivity index (χ4n) is 7.36. The van der Waals surface area contributed by atoms with Crippen molar-refractivity contribution < 1.29 is 4.74 Å². The third-order valence-electron chi connectivity index (χ3n) is 9.91. The monoisotopic (exact) mass is 645 g/mol. The van der Waals surface area contributed by atoms with E-state index in [1.165, 1.54) is 55.2 Å². The van der Waals surface area contributed by atoms with Gasteiger partial charge in [0.1, 0.15) is 11.5 Å². The van der Waals surface area contributed by atoms with E-state index in [9.17, 15) is 0 Å². The van der Waals surface area contributed by atoms with Crippen LogP contribution >= 0.6 is 0 Å². The molecule has 2 heterocycles. The summed E-state index contributed by atoms with van der Waals surface area (Å²) in [5.41, 5.74) is 15.6. The summed E-state index contributed by atoms with van der Waals surface area (Å²) in [5.74, 6) is 1.92. The quantitative estimate of drug-likeness (QED) is 0.180. The molecule has 0 fully saturated rings. The van der Waals surface area contributed by atoms with E-state index in [0.29, 0.717) is 5.92 Å². The lowest BCUT2D eigenvalue weighted by molar-refractivity contribution is 0.481. The Bertz CT molecular complexity index is 2350. The van der Waals surface area contributed by atoms with Crippen molar-refractivity contribution in [3.63, 3.8) is 0 Å². The first-order valence-corrected chi connectivity index (χ1v) is 17.4. The molecule has 0 radical (unpaired) electrons. The number of aryl methyl sites for hydroxylation is 4. The fourth-order valence-corrected chi connectivity index (χ4v) is 7.36. The SMILES string of the molecule is Cc1cccc(-n2c3ccccc3c3ccc(Oc4cc(C(C)C)cc(-n5nc(C)c(-c6c(C)cc(C(C)(C)C)cc6C)c5C)c4)cc32)c1. The van der Waals surface area contributed by atoms with Gasteiger partial charge < -0.3 is 9.30 Å². The van der Waals surface area contributed by atoms with E-state index in [2.05, 4.69) is 176 Å². The van der Waals surface area contributed by atoms with Gasteiger partial charge in [0, 0.05) is 39.8 Å². The average Bonchev–Trinajstić information content (AvgIpc) is 3.53. The maximum absolute atomic E-state index is 6.74. The summed E-state index contributed by atoms with van der Waals surface area (Å²) in [5, 5.41) is 7.57. The third-order valence-corrected chi connectivity index (χ3v) is 9.91. The second kappa shape index (κ2) is 12.1. The molecule has 7 aromatic rings. The molecule has 5 aromatic carbocycles. The van der Waals surface area contributed by atoms with Crippen LogP contribution in [0, 0.1) is 34.6 Å². The molecule has 2 aromatic heterocycles. The lowest BCUT2D eigenvalue weighted by Gasteiger charge is -2.22. The van der Waals surface area contributed by atoms with Crippen LogP contribution < -0.4 is 4.74 Å². The Morgan fingerprint density at radius 2 is 1.35 bits per heavy atom. The van der Waals surface area contributed by atoms with Gasteiger partial charge in [-0.3, -0.25) is 0 Å². The van der Waals surface area contributed by atoms with E-state index in [4.69, 9.17) is 9.84 Å². The van der Waals surface area contributed by atoms with Crippen LogP contribution in [0.4, 0.5) is 0 Å². The van der Waals surface area contributed by atoms with Gasteiger partial charge in [-0.2, -0.15) is 5.10 Å². The molecule has 49 heavy (non-hydrogen) atoms. The second-order valence-electron chi connectivity index (χ2n) is 15.1. The van der Waals surface area contributed by atoms with Gasteiger partial charge in [0.15, 0.2) is 0 Å². The Kier molecular flexibility index (Phi) is 8.02. The summed E-state index contributed by atoms with van der Waals surface area (Å²) in [7, 11) is 0. The summed E-state index contributed by atoms with van der Waals surface area (Å²) in [4.78, 5) is 0. The molecule has 0 N–H and O–H groups in total. The van der Waals surface area contributed by atoms with E-state index in [1.807, 2.05) is 0 Å². The summed E-state index contributed by atoms with van der Waals surface area (Å²) >= 11 is 0. The van der Waals surface area contributed by atoms with E-state index in [1.54, 1.807) is 0 Å². The molecular weight excluding hydrogens is 599 g/mol. The number of hydrogen-bond acceptors (Lipinski definition) is 2. The van der Waals surface area contributed by atoms with E-state index in [-0.39, 0.29) is 5.41 Å². The van der Waals surface area contributed by atoms with Gasteiger partial charge in [-0.1, -0.05) is 77.1 Å². The smallest absolute Gasteiger partial charge is 0.129 e. The van der Waals surface area contributed by atoms with Gasteiger partial charge in [-0.05, 0) is 122 Å².